The summed E-state index contributed by atoms with van der Waals surface area (Å²) in [5.41, 5.74) is -0.320. The summed E-state index contributed by atoms with van der Waals surface area (Å²) in [7, 11) is 0. The molecule has 2 aliphatic heterocycles. The van der Waals surface area contributed by atoms with Gasteiger partial charge in [-0.05, 0) is 51.0 Å². The molecule has 4 rings (SSSR count). The van der Waals surface area contributed by atoms with Gasteiger partial charge in [0.15, 0.2) is 0 Å². The molecule has 1 aromatic rings. The van der Waals surface area contributed by atoms with E-state index < -0.39 is 0 Å². The third-order valence-electron chi connectivity index (χ3n) is 6.32. The lowest BCUT2D eigenvalue weighted by atomic mass is 9.78. The second-order valence-corrected chi connectivity index (χ2v) is 8.82. The summed E-state index contributed by atoms with van der Waals surface area (Å²) in [6.07, 6.45) is 7.64. The number of carbonyl (C=O) groups excluding carboxylic acids is 1. The van der Waals surface area contributed by atoms with E-state index in [0.717, 1.165) is 63.9 Å². The predicted molar refractivity (Wildman–Crippen MR) is 103 cm³/mol. The van der Waals surface area contributed by atoms with Gasteiger partial charge in [0.2, 0.25) is 5.91 Å². The Balaban J connectivity index is 1.50. The van der Waals surface area contributed by atoms with E-state index in [-0.39, 0.29) is 23.5 Å². The molecule has 3 heterocycles. The molecule has 5 nitrogen and oxygen atoms in total. The van der Waals surface area contributed by atoms with E-state index in [2.05, 4.69) is 14.8 Å². The Labute approximate surface area is 164 Å². The molecule has 2 saturated heterocycles. The van der Waals surface area contributed by atoms with Gasteiger partial charge in [-0.15, -0.1) is 0 Å². The zero-order valence-corrected chi connectivity index (χ0v) is 16.3. The standard InChI is InChI=1S/C19H25Cl2N3O2/c20-13-10-16(21)17(22-11-13)23-8-1-6-19(12-23)7-9-24(18(19)26)14-2-4-15(25)5-3-14/h10-11,14-15,25H,1-9,12H2/t14-,15+,19-/m1/s1. The second kappa shape index (κ2) is 7.17. The molecule has 1 N–H and O–H groups in total. The van der Waals surface area contributed by atoms with Crippen LogP contribution in [0.25, 0.3) is 0 Å². The van der Waals surface area contributed by atoms with Crippen LogP contribution >= 0.6 is 23.2 Å². The Morgan fingerprint density at radius 1 is 1.15 bits per heavy atom. The van der Waals surface area contributed by atoms with Gasteiger partial charge in [-0.2, -0.15) is 0 Å². The van der Waals surface area contributed by atoms with Crippen LogP contribution in [0.1, 0.15) is 44.9 Å². The Bertz CT molecular complexity index is 693. The summed E-state index contributed by atoms with van der Waals surface area (Å²) in [6.45, 7) is 2.36. The van der Waals surface area contributed by atoms with Crippen molar-refractivity contribution in [1.29, 1.82) is 0 Å². The van der Waals surface area contributed by atoms with Crippen molar-refractivity contribution in [2.24, 2.45) is 5.41 Å². The zero-order chi connectivity index (χ0) is 18.3. The number of piperidine rings is 1. The van der Waals surface area contributed by atoms with E-state index in [4.69, 9.17) is 23.2 Å². The first-order valence-corrected chi connectivity index (χ1v) is 10.3. The van der Waals surface area contributed by atoms with Crippen LogP contribution in [0.5, 0.6) is 0 Å². The van der Waals surface area contributed by atoms with E-state index in [0.29, 0.717) is 16.6 Å². The molecule has 1 atom stereocenters. The number of likely N-dealkylation sites (tertiary alicyclic amines) is 1. The fraction of sp³-hybridized carbons (Fsp3) is 0.684. The third kappa shape index (κ3) is 3.30. The fourth-order valence-electron chi connectivity index (χ4n) is 4.90. The summed E-state index contributed by atoms with van der Waals surface area (Å²) in [5.74, 6) is 1.01. The molecular formula is C19H25Cl2N3O2. The molecule has 142 valence electrons. The summed E-state index contributed by atoms with van der Waals surface area (Å²) >= 11 is 12.3. The lowest BCUT2D eigenvalue weighted by Gasteiger charge is -2.41. The highest BCUT2D eigenvalue weighted by Crippen LogP contribution is 2.44. The van der Waals surface area contributed by atoms with Crippen LogP contribution in [-0.4, -0.2) is 52.7 Å². The zero-order valence-electron chi connectivity index (χ0n) is 14.8. The highest BCUT2D eigenvalue weighted by molar-refractivity contribution is 6.36. The number of nitrogens with zero attached hydrogens (tertiary/aromatic N) is 3. The number of carbonyl (C=O) groups is 1. The summed E-state index contributed by atoms with van der Waals surface area (Å²) < 4.78 is 0. The van der Waals surface area contributed by atoms with Crippen LogP contribution in [0.3, 0.4) is 0 Å². The van der Waals surface area contributed by atoms with Crippen molar-refractivity contribution in [1.82, 2.24) is 9.88 Å². The largest absolute Gasteiger partial charge is 0.393 e. The number of halogens is 2. The van der Waals surface area contributed by atoms with E-state index in [9.17, 15) is 9.90 Å². The second-order valence-electron chi connectivity index (χ2n) is 7.98. The van der Waals surface area contributed by atoms with Gasteiger partial charge < -0.3 is 14.9 Å². The van der Waals surface area contributed by atoms with E-state index in [1.807, 2.05) is 0 Å². The van der Waals surface area contributed by atoms with Crippen molar-refractivity contribution in [3.05, 3.63) is 22.3 Å². The smallest absolute Gasteiger partial charge is 0.230 e. The first-order valence-electron chi connectivity index (χ1n) is 9.54. The maximum absolute atomic E-state index is 13.3. The maximum atomic E-state index is 13.3. The van der Waals surface area contributed by atoms with E-state index >= 15 is 0 Å². The van der Waals surface area contributed by atoms with Gasteiger partial charge in [0, 0.05) is 31.9 Å². The Morgan fingerprint density at radius 3 is 2.65 bits per heavy atom. The Hall–Kier alpha value is -1.04. The molecule has 1 saturated carbocycles. The number of hydrogen-bond acceptors (Lipinski definition) is 4. The number of hydrogen-bond donors (Lipinski definition) is 1. The first-order chi connectivity index (χ1) is 12.5. The minimum Gasteiger partial charge on any atom is -0.393 e. The summed E-state index contributed by atoms with van der Waals surface area (Å²) in [5, 5.41) is 10.8. The van der Waals surface area contributed by atoms with Crippen molar-refractivity contribution in [2.45, 2.75) is 57.1 Å². The minimum atomic E-state index is -0.320. The van der Waals surface area contributed by atoms with Gasteiger partial charge in [-0.1, -0.05) is 23.2 Å². The number of aliphatic hydroxyl groups excluding tert-OH is 1. The van der Waals surface area contributed by atoms with Gasteiger partial charge in [-0.3, -0.25) is 4.79 Å². The number of aliphatic hydroxyl groups is 1. The molecule has 0 bridgehead atoms. The average Bonchev–Trinajstić information content (AvgIpc) is 2.92. The normalized spacial score (nSPS) is 32.5. The first kappa shape index (κ1) is 18.3. The van der Waals surface area contributed by atoms with Crippen LogP contribution < -0.4 is 4.90 Å². The molecular weight excluding hydrogens is 373 g/mol. The summed E-state index contributed by atoms with van der Waals surface area (Å²) in [6, 6.07) is 2.00. The molecule has 1 aromatic heterocycles. The minimum absolute atomic E-state index is 0.193. The van der Waals surface area contributed by atoms with Crippen molar-refractivity contribution in [2.75, 3.05) is 24.5 Å². The van der Waals surface area contributed by atoms with Crippen LogP contribution in [0.4, 0.5) is 5.82 Å². The monoisotopic (exact) mass is 397 g/mol. The maximum Gasteiger partial charge on any atom is 0.230 e. The molecule has 0 radical (unpaired) electrons. The van der Waals surface area contributed by atoms with Crippen molar-refractivity contribution >= 4 is 34.9 Å². The molecule has 1 aliphatic carbocycles. The number of anilines is 1. The Morgan fingerprint density at radius 2 is 1.92 bits per heavy atom. The van der Waals surface area contributed by atoms with Crippen molar-refractivity contribution in [3.8, 4) is 0 Å². The van der Waals surface area contributed by atoms with Gasteiger partial charge >= 0.3 is 0 Å². The number of pyridine rings is 1. The average molecular weight is 398 g/mol. The van der Waals surface area contributed by atoms with Gasteiger partial charge in [0.1, 0.15) is 5.82 Å². The van der Waals surface area contributed by atoms with E-state index in [1.54, 1.807) is 12.3 Å². The van der Waals surface area contributed by atoms with Crippen LogP contribution in [0.2, 0.25) is 10.0 Å². The molecule has 1 amide bonds. The van der Waals surface area contributed by atoms with Gasteiger partial charge in [-0.25, -0.2) is 4.98 Å². The molecule has 26 heavy (non-hydrogen) atoms. The lowest BCUT2D eigenvalue weighted by molar-refractivity contribution is -0.139. The quantitative estimate of drug-likeness (QED) is 0.829. The van der Waals surface area contributed by atoms with Gasteiger partial charge in [0.25, 0.3) is 0 Å². The SMILES string of the molecule is O=C1N([C@H]2CC[C@@H](O)CC2)CC[C@@]12CCCN(c1ncc(Cl)cc1Cl)C2. The predicted octanol–water partition coefficient (Wildman–Crippen LogP) is 3.51. The third-order valence-corrected chi connectivity index (χ3v) is 6.80. The Kier molecular flexibility index (Phi) is 5.06. The lowest BCUT2D eigenvalue weighted by Crippen LogP contribution is -2.50. The highest BCUT2D eigenvalue weighted by Gasteiger charge is 2.50. The van der Waals surface area contributed by atoms with Crippen molar-refractivity contribution in [3.63, 3.8) is 0 Å². The molecule has 3 fully saturated rings. The molecule has 3 aliphatic rings. The topological polar surface area (TPSA) is 56.7 Å². The van der Waals surface area contributed by atoms with Crippen molar-refractivity contribution < 1.29 is 9.90 Å². The number of amides is 1. The van der Waals surface area contributed by atoms with E-state index in [1.165, 1.54) is 0 Å². The number of aromatic nitrogens is 1. The fourth-order valence-corrected chi connectivity index (χ4v) is 5.40. The summed E-state index contributed by atoms with van der Waals surface area (Å²) in [4.78, 5) is 22.0. The molecule has 0 aromatic carbocycles. The van der Waals surface area contributed by atoms with Crippen LogP contribution in [0, 0.1) is 5.41 Å². The highest BCUT2D eigenvalue weighted by atomic mass is 35.5. The van der Waals surface area contributed by atoms with Crippen LogP contribution in [-0.2, 0) is 4.79 Å². The van der Waals surface area contributed by atoms with Crippen LogP contribution in [0.15, 0.2) is 12.3 Å². The molecule has 1 spiro atoms. The van der Waals surface area contributed by atoms with Gasteiger partial charge in [0.05, 0.1) is 21.6 Å². The molecule has 7 heteroatoms. The molecule has 0 unspecified atom stereocenters. The number of rotatable bonds is 2.